The van der Waals surface area contributed by atoms with Crippen LogP contribution in [0.1, 0.15) is 31.7 Å². The molecule has 1 aromatic carbocycles. The molecule has 0 spiro atoms. The zero-order chi connectivity index (χ0) is 13.7. The summed E-state index contributed by atoms with van der Waals surface area (Å²) in [5, 5.41) is 3.59. The monoisotopic (exact) mass is 264 g/mol. The molecule has 2 atom stereocenters. The Kier molecular flexibility index (Phi) is 5.34. The highest BCUT2D eigenvalue weighted by molar-refractivity contribution is 5.16. The molecule has 2 nitrogen and oxygen atoms in total. The molecular formula is C16H25FN2. The van der Waals surface area contributed by atoms with Crippen LogP contribution in [-0.4, -0.2) is 31.1 Å². The molecule has 1 aliphatic rings. The highest BCUT2D eigenvalue weighted by Gasteiger charge is 2.27. The Balaban J connectivity index is 1.85. The van der Waals surface area contributed by atoms with Gasteiger partial charge in [-0.15, -0.1) is 0 Å². The number of nitrogens with one attached hydrogen (secondary N) is 1. The molecule has 0 bridgehead atoms. The summed E-state index contributed by atoms with van der Waals surface area (Å²) in [5.74, 6) is 0.593. The molecule has 106 valence electrons. The van der Waals surface area contributed by atoms with E-state index < -0.39 is 0 Å². The van der Waals surface area contributed by atoms with Gasteiger partial charge in [-0.2, -0.15) is 0 Å². The van der Waals surface area contributed by atoms with Crippen LogP contribution in [0.4, 0.5) is 4.39 Å². The van der Waals surface area contributed by atoms with Crippen LogP contribution >= 0.6 is 0 Å². The van der Waals surface area contributed by atoms with Crippen molar-refractivity contribution in [2.75, 3.05) is 20.1 Å². The Morgan fingerprint density at radius 2 is 2.21 bits per heavy atom. The molecule has 1 fully saturated rings. The van der Waals surface area contributed by atoms with Gasteiger partial charge in [0.1, 0.15) is 5.82 Å². The van der Waals surface area contributed by atoms with Crippen molar-refractivity contribution < 1.29 is 4.39 Å². The summed E-state index contributed by atoms with van der Waals surface area (Å²) in [4.78, 5) is 2.31. The molecule has 2 unspecified atom stereocenters. The maximum Gasteiger partial charge on any atom is 0.123 e. The third-order valence-electron chi connectivity index (χ3n) is 4.01. The minimum Gasteiger partial charge on any atom is -0.314 e. The maximum absolute atomic E-state index is 13.2. The van der Waals surface area contributed by atoms with Gasteiger partial charge in [-0.1, -0.05) is 25.5 Å². The molecule has 0 radical (unpaired) electrons. The first kappa shape index (κ1) is 14.5. The van der Waals surface area contributed by atoms with Crippen LogP contribution < -0.4 is 5.32 Å². The molecule has 0 aromatic heterocycles. The summed E-state index contributed by atoms with van der Waals surface area (Å²) in [6.07, 6.45) is 3.94. The largest absolute Gasteiger partial charge is 0.314 e. The lowest BCUT2D eigenvalue weighted by Crippen LogP contribution is -2.38. The lowest BCUT2D eigenvalue weighted by Gasteiger charge is -2.26. The summed E-state index contributed by atoms with van der Waals surface area (Å²) in [5.41, 5.74) is 1.06. The van der Waals surface area contributed by atoms with E-state index in [1.165, 1.54) is 25.3 Å². The summed E-state index contributed by atoms with van der Waals surface area (Å²) < 4.78 is 13.2. The van der Waals surface area contributed by atoms with Gasteiger partial charge in [-0.3, -0.25) is 0 Å². The predicted molar refractivity (Wildman–Crippen MR) is 77.5 cm³/mol. The van der Waals surface area contributed by atoms with Crippen LogP contribution in [0.3, 0.4) is 0 Å². The number of hydrogen-bond acceptors (Lipinski definition) is 2. The maximum atomic E-state index is 13.2. The number of halogens is 1. The van der Waals surface area contributed by atoms with Gasteiger partial charge in [0.05, 0.1) is 0 Å². The van der Waals surface area contributed by atoms with Crippen molar-refractivity contribution in [3.05, 3.63) is 35.6 Å². The first-order valence-corrected chi connectivity index (χ1v) is 7.35. The van der Waals surface area contributed by atoms with E-state index in [4.69, 9.17) is 0 Å². The second-order valence-corrected chi connectivity index (χ2v) is 5.68. The summed E-state index contributed by atoms with van der Waals surface area (Å²) in [7, 11) is 2.13. The summed E-state index contributed by atoms with van der Waals surface area (Å²) >= 11 is 0. The molecule has 1 aromatic rings. The van der Waals surface area contributed by atoms with Gasteiger partial charge in [-0.25, -0.2) is 4.39 Å². The average molecular weight is 264 g/mol. The van der Waals surface area contributed by atoms with Crippen molar-refractivity contribution in [1.29, 1.82) is 0 Å². The third kappa shape index (κ3) is 4.29. The lowest BCUT2D eigenvalue weighted by atomic mass is 10.0. The quantitative estimate of drug-likeness (QED) is 0.849. The Morgan fingerprint density at radius 1 is 1.37 bits per heavy atom. The highest BCUT2D eigenvalue weighted by Crippen LogP contribution is 2.26. The Hall–Kier alpha value is -0.930. The van der Waals surface area contributed by atoms with Gasteiger partial charge >= 0.3 is 0 Å². The molecule has 1 saturated carbocycles. The van der Waals surface area contributed by atoms with Crippen molar-refractivity contribution in [2.24, 2.45) is 5.92 Å². The van der Waals surface area contributed by atoms with E-state index in [1.54, 1.807) is 12.1 Å². The average Bonchev–Trinajstić information content (AvgIpc) is 2.77. The molecule has 0 aliphatic heterocycles. The van der Waals surface area contributed by atoms with Crippen LogP contribution in [0, 0.1) is 11.7 Å². The van der Waals surface area contributed by atoms with E-state index in [0.29, 0.717) is 6.04 Å². The second-order valence-electron chi connectivity index (χ2n) is 5.68. The predicted octanol–water partition coefficient (Wildman–Crippen LogP) is 3.04. The zero-order valence-corrected chi connectivity index (χ0v) is 12.0. The van der Waals surface area contributed by atoms with E-state index in [0.717, 1.165) is 31.1 Å². The number of nitrogens with zero attached hydrogens (tertiary/aromatic N) is 1. The van der Waals surface area contributed by atoms with Gasteiger partial charge in [-0.05, 0) is 50.0 Å². The smallest absolute Gasteiger partial charge is 0.123 e. The fraction of sp³-hybridized carbons (Fsp3) is 0.625. The number of hydrogen-bond donors (Lipinski definition) is 1. The Morgan fingerprint density at radius 3 is 2.95 bits per heavy atom. The molecule has 3 heteroatoms. The molecule has 0 amide bonds. The van der Waals surface area contributed by atoms with E-state index in [-0.39, 0.29) is 5.82 Å². The summed E-state index contributed by atoms with van der Waals surface area (Å²) in [6.45, 7) is 5.14. The first-order chi connectivity index (χ1) is 9.19. The zero-order valence-electron chi connectivity index (χ0n) is 12.0. The fourth-order valence-electron chi connectivity index (χ4n) is 3.20. The third-order valence-corrected chi connectivity index (χ3v) is 4.01. The number of rotatable bonds is 6. The van der Waals surface area contributed by atoms with Crippen LogP contribution in [0.15, 0.2) is 24.3 Å². The molecule has 1 N–H and O–H groups in total. The van der Waals surface area contributed by atoms with Crippen molar-refractivity contribution in [2.45, 2.75) is 38.8 Å². The van der Waals surface area contributed by atoms with Crippen molar-refractivity contribution in [3.8, 4) is 0 Å². The van der Waals surface area contributed by atoms with Crippen molar-refractivity contribution in [1.82, 2.24) is 10.2 Å². The van der Waals surface area contributed by atoms with E-state index in [9.17, 15) is 4.39 Å². The molecular weight excluding hydrogens is 239 g/mol. The van der Waals surface area contributed by atoms with Crippen molar-refractivity contribution >= 4 is 0 Å². The van der Waals surface area contributed by atoms with Gasteiger partial charge in [0.2, 0.25) is 0 Å². The van der Waals surface area contributed by atoms with Gasteiger partial charge in [0.25, 0.3) is 0 Å². The number of benzene rings is 1. The van der Waals surface area contributed by atoms with Crippen LogP contribution in [0.2, 0.25) is 0 Å². The first-order valence-electron chi connectivity index (χ1n) is 7.35. The van der Waals surface area contributed by atoms with Gasteiger partial charge < -0.3 is 10.2 Å². The molecule has 19 heavy (non-hydrogen) atoms. The topological polar surface area (TPSA) is 15.3 Å². The second kappa shape index (κ2) is 7.01. The molecule has 2 rings (SSSR count). The van der Waals surface area contributed by atoms with Gasteiger partial charge in [0.15, 0.2) is 0 Å². The van der Waals surface area contributed by atoms with Gasteiger partial charge in [0, 0.05) is 19.1 Å². The lowest BCUT2D eigenvalue weighted by molar-refractivity contribution is 0.246. The normalized spacial score (nSPS) is 23.2. The van der Waals surface area contributed by atoms with Crippen LogP contribution in [-0.2, 0) is 6.54 Å². The standard InChI is InChI=1S/C16H25FN2/c1-3-18-16-9-5-7-14(16)12-19(2)11-13-6-4-8-15(17)10-13/h4,6,8,10,14,16,18H,3,5,7,9,11-12H2,1-2H3. The molecule has 0 saturated heterocycles. The molecule has 1 aliphatic carbocycles. The van der Waals surface area contributed by atoms with Crippen LogP contribution in [0.25, 0.3) is 0 Å². The van der Waals surface area contributed by atoms with E-state index >= 15 is 0 Å². The Bertz CT molecular complexity index is 394. The van der Waals surface area contributed by atoms with E-state index in [1.807, 2.05) is 6.07 Å². The molecule has 0 heterocycles. The SMILES string of the molecule is CCNC1CCCC1CN(C)Cc1cccc(F)c1. The minimum atomic E-state index is -0.141. The van der Waals surface area contributed by atoms with Crippen molar-refractivity contribution in [3.63, 3.8) is 0 Å². The fourth-order valence-corrected chi connectivity index (χ4v) is 3.20. The summed E-state index contributed by atoms with van der Waals surface area (Å²) in [6, 6.07) is 7.58. The van der Waals surface area contributed by atoms with E-state index in [2.05, 4.69) is 24.2 Å². The Labute approximate surface area is 116 Å². The van der Waals surface area contributed by atoms with Crippen LogP contribution in [0.5, 0.6) is 0 Å². The highest BCUT2D eigenvalue weighted by atomic mass is 19.1. The minimum absolute atomic E-state index is 0.141.